The molecule has 0 aliphatic rings. The number of carboxylic acid groups (broad SMARTS) is 1. The van der Waals surface area contributed by atoms with Gasteiger partial charge in [0.05, 0.1) is 11.3 Å². The first-order valence-corrected chi connectivity index (χ1v) is 7.41. The summed E-state index contributed by atoms with van der Waals surface area (Å²) in [5, 5.41) is 15.5. The van der Waals surface area contributed by atoms with Crippen LogP contribution in [0, 0.1) is 0 Å². The number of carboxylic acids is 1. The van der Waals surface area contributed by atoms with Crippen molar-refractivity contribution < 1.29 is 9.90 Å². The van der Waals surface area contributed by atoms with Crippen molar-refractivity contribution in [3.8, 4) is 0 Å². The van der Waals surface area contributed by atoms with Crippen LogP contribution in [0.2, 0.25) is 0 Å². The Bertz CT molecular complexity index is 837. The van der Waals surface area contributed by atoms with Crippen LogP contribution in [0.3, 0.4) is 0 Å². The van der Waals surface area contributed by atoms with E-state index in [9.17, 15) is 9.90 Å². The van der Waals surface area contributed by atoms with Gasteiger partial charge in [0.2, 0.25) is 0 Å². The molecule has 6 heteroatoms. The summed E-state index contributed by atoms with van der Waals surface area (Å²) in [4.78, 5) is 19.6. The standard InChI is InChI=1S/C18H16N4O2/c23-18(24)14-8-4-5-9-15(14)22-17-10-16(20-12-21-17)19-11-13-6-2-1-3-7-13/h1-10,12H,11H2,(H,23,24)(H2,19,20,21,22). The van der Waals surface area contributed by atoms with E-state index in [4.69, 9.17) is 0 Å². The van der Waals surface area contributed by atoms with Gasteiger partial charge in [0.1, 0.15) is 18.0 Å². The van der Waals surface area contributed by atoms with E-state index in [1.165, 1.54) is 6.33 Å². The average Bonchev–Trinajstić information content (AvgIpc) is 2.61. The second-order valence-electron chi connectivity index (χ2n) is 5.10. The molecule has 0 atom stereocenters. The van der Waals surface area contributed by atoms with Crippen LogP contribution in [-0.4, -0.2) is 21.0 Å². The predicted octanol–water partition coefficient (Wildman–Crippen LogP) is 3.53. The molecule has 2 aromatic carbocycles. The van der Waals surface area contributed by atoms with Crippen LogP contribution >= 0.6 is 0 Å². The second kappa shape index (κ2) is 7.23. The summed E-state index contributed by atoms with van der Waals surface area (Å²) in [5.41, 5.74) is 1.81. The molecule has 6 nitrogen and oxygen atoms in total. The lowest BCUT2D eigenvalue weighted by Crippen LogP contribution is -2.05. The molecule has 3 rings (SSSR count). The lowest BCUT2D eigenvalue weighted by Gasteiger charge is -2.10. The monoisotopic (exact) mass is 320 g/mol. The second-order valence-corrected chi connectivity index (χ2v) is 5.10. The highest BCUT2D eigenvalue weighted by molar-refractivity contribution is 5.95. The van der Waals surface area contributed by atoms with E-state index < -0.39 is 5.97 Å². The van der Waals surface area contributed by atoms with E-state index in [-0.39, 0.29) is 5.56 Å². The van der Waals surface area contributed by atoms with Gasteiger partial charge in [0.25, 0.3) is 0 Å². The lowest BCUT2D eigenvalue weighted by atomic mass is 10.2. The summed E-state index contributed by atoms with van der Waals surface area (Å²) < 4.78 is 0. The molecule has 0 saturated carbocycles. The summed E-state index contributed by atoms with van der Waals surface area (Å²) in [6, 6.07) is 18.4. The smallest absolute Gasteiger partial charge is 0.337 e. The molecule has 3 aromatic rings. The molecule has 0 saturated heterocycles. The number of aromatic carboxylic acids is 1. The van der Waals surface area contributed by atoms with Crippen molar-refractivity contribution in [3.05, 3.63) is 78.1 Å². The number of nitrogens with one attached hydrogen (secondary N) is 2. The number of carbonyl (C=O) groups is 1. The van der Waals surface area contributed by atoms with Gasteiger partial charge in [0.15, 0.2) is 0 Å². The van der Waals surface area contributed by atoms with E-state index in [2.05, 4.69) is 20.6 Å². The van der Waals surface area contributed by atoms with Gasteiger partial charge in [-0.1, -0.05) is 42.5 Å². The molecular formula is C18H16N4O2. The van der Waals surface area contributed by atoms with Crippen LogP contribution in [0.1, 0.15) is 15.9 Å². The molecule has 24 heavy (non-hydrogen) atoms. The zero-order valence-corrected chi connectivity index (χ0v) is 12.8. The first-order chi connectivity index (χ1) is 11.7. The molecule has 0 spiro atoms. The van der Waals surface area contributed by atoms with Crippen molar-refractivity contribution in [1.82, 2.24) is 9.97 Å². The van der Waals surface area contributed by atoms with Gasteiger partial charge < -0.3 is 15.7 Å². The number of nitrogens with zero attached hydrogens (tertiary/aromatic N) is 2. The summed E-state index contributed by atoms with van der Waals surface area (Å²) in [6.07, 6.45) is 1.43. The Morgan fingerprint density at radius 2 is 1.67 bits per heavy atom. The van der Waals surface area contributed by atoms with Crippen LogP contribution in [0.15, 0.2) is 67.0 Å². The van der Waals surface area contributed by atoms with Crippen molar-refractivity contribution in [3.63, 3.8) is 0 Å². The van der Waals surface area contributed by atoms with E-state index in [0.29, 0.717) is 23.9 Å². The topological polar surface area (TPSA) is 87.1 Å². The van der Waals surface area contributed by atoms with E-state index >= 15 is 0 Å². The Morgan fingerprint density at radius 1 is 0.958 bits per heavy atom. The molecule has 1 heterocycles. The molecule has 120 valence electrons. The third-order valence-corrected chi connectivity index (χ3v) is 3.40. The van der Waals surface area contributed by atoms with Gasteiger partial charge >= 0.3 is 5.97 Å². The highest BCUT2D eigenvalue weighted by Crippen LogP contribution is 2.20. The zero-order chi connectivity index (χ0) is 16.8. The number of hydrogen-bond acceptors (Lipinski definition) is 5. The van der Waals surface area contributed by atoms with Gasteiger partial charge in [-0.3, -0.25) is 0 Å². The fourth-order valence-electron chi connectivity index (χ4n) is 2.23. The molecule has 0 aliphatic carbocycles. The number of aromatic nitrogens is 2. The number of para-hydroxylation sites is 1. The number of anilines is 3. The number of benzene rings is 2. The number of hydrogen-bond donors (Lipinski definition) is 3. The Balaban J connectivity index is 1.73. The van der Waals surface area contributed by atoms with Gasteiger partial charge in [-0.2, -0.15) is 0 Å². The molecule has 0 bridgehead atoms. The normalized spacial score (nSPS) is 10.2. The zero-order valence-electron chi connectivity index (χ0n) is 12.8. The van der Waals surface area contributed by atoms with Crippen molar-refractivity contribution >= 4 is 23.3 Å². The van der Waals surface area contributed by atoms with E-state index in [0.717, 1.165) is 5.56 Å². The molecular weight excluding hydrogens is 304 g/mol. The maximum absolute atomic E-state index is 11.3. The highest BCUT2D eigenvalue weighted by Gasteiger charge is 2.09. The summed E-state index contributed by atoms with van der Waals surface area (Å²) in [7, 11) is 0. The maximum Gasteiger partial charge on any atom is 0.337 e. The van der Waals surface area contributed by atoms with E-state index in [1.54, 1.807) is 30.3 Å². The van der Waals surface area contributed by atoms with Gasteiger partial charge in [-0.25, -0.2) is 14.8 Å². The van der Waals surface area contributed by atoms with Crippen LogP contribution in [-0.2, 0) is 6.54 Å². The van der Waals surface area contributed by atoms with Gasteiger partial charge in [-0.05, 0) is 17.7 Å². The highest BCUT2D eigenvalue weighted by atomic mass is 16.4. The Labute approximate surface area is 139 Å². The van der Waals surface area contributed by atoms with E-state index in [1.807, 2.05) is 30.3 Å². The van der Waals surface area contributed by atoms with Crippen LogP contribution in [0.4, 0.5) is 17.3 Å². The molecule has 0 fully saturated rings. The SMILES string of the molecule is O=C(O)c1ccccc1Nc1cc(NCc2ccccc2)ncn1. The van der Waals surface area contributed by atoms with Crippen LogP contribution < -0.4 is 10.6 Å². The van der Waals surface area contributed by atoms with Crippen molar-refractivity contribution in [1.29, 1.82) is 0 Å². The minimum absolute atomic E-state index is 0.190. The first-order valence-electron chi connectivity index (χ1n) is 7.41. The summed E-state index contributed by atoms with van der Waals surface area (Å²) >= 11 is 0. The Hall–Kier alpha value is -3.41. The summed E-state index contributed by atoms with van der Waals surface area (Å²) in [6.45, 7) is 0.642. The summed E-state index contributed by atoms with van der Waals surface area (Å²) in [5.74, 6) is 0.188. The third kappa shape index (κ3) is 3.86. The fourth-order valence-corrected chi connectivity index (χ4v) is 2.23. The van der Waals surface area contributed by atoms with Gasteiger partial charge in [0, 0.05) is 12.6 Å². The molecule has 3 N–H and O–H groups in total. The molecule has 0 radical (unpaired) electrons. The average molecular weight is 320 g/mol. The first kappa shape index (κ1) is 15.5. The Kier molecular flexibility index (Phi) is 4.67. The minimum Gasteiger partial charge on any atom is -0.478 e. The van der Waals surface area contributed by atoms with Crippen molar-refractivity contribution in [2.45, 2.75) is 6.54 Å². The van der Waals surface area contributed by atoms with Gasteiger partial charge in [-0.15, -0.1) is 0 Å². The number of rotatable bonds is 6. The molecule has 0 aliphatic heterocycles. The predicted molar refractivity (Wildman–Crippen MR) is 92.5 cm³/mol. The van der Waals surface area contributed by atoms with Crippen LogP contribution in [0.25, 0.3) is 0 Å². The fraction of sp³-hybridized carbons (Fsp3) is 0.0556. The molecule has 1 aromatic heterocycles. The molecule has 0 unspecified atom stereocenters. The molecule has 0 amide bonds. The minimum atomic E-state index is -0.991. The van der Waals surface area contributed by atoms with Crippen molar-refractivity contribution in [2.24, 2.45) is 0 Å². The lowest BCUT2D eigenvalue weighted by molar-refractivity contribution is 0.0698. The van der Waals surface area contributed by atoms with Crippen LogP contribution in [0.5, 0.6) is 0 Å². The van der Waals surface area contributed by atoms with Crippen molar-refractivity contribution in [2.75, 3.05) is 10.6 Å². The quantitative estimate of drug-likeness (QED) is 0.644. The largest absolute Gasteiger partial charge is 0.478 e. The Morgan fingerprint density at radius 3 is 2.46 bits per heavy atom. The maximum atomic E-state index is 11.3. The third-order valence-electron chi connectivity index (χ3n) is 3.40.